The van der Waals surface area contributed by atoms with Crippen LogP contribution in [0, 0.1) is 0 Å². The molecule has 0 radical (unpaired) electrons. The number of rotatable bonds is 8. The molecule has 3 aromatic carbocycles. The first-order valence-corrected chi connectivity index (χ1v) is 12.3. The molecular formula is C28H30BrN3O2. The molecule has 6 heteroatoms. The maximum atomic E-state index is 12.5. The fraction of sp³-hybridized carbons (Fsp3) is 0.286. The van der Waals surface area contributed by atoms with E-state index in [2.05, 4.69) is 64.8 Å². The second-order valence-corrected chi connectivity index (χ2v) is 10.2. The highest BCUT2D eigenvalue weighted by Crippen LogP contribution is 2.24. The third-order valence-electron chi connectivity index (χ3n) is 5.76. The Kier molecular flexibility index (Phi) is 7.37. The van der Waals surface area contributed by atoms with E-state index >= 15 is 0 Å². The van der Waals surface area contributed by atoms with Crippen LogP contribution in [0.4, 0.5) is 0 Å². The number of ether oxygens (including phenoxy) is 1. The third-order valence-corrected chi connectivity index (χ3v) is 6.25. The van der Waals surface area contributed by atoms with Crippen LogP contribution in [0.5, 0.6) is 5.75 Å². The van der Waals surface area contributed by atoms with Gasteiger partial charge in [0, 0.05) is 23.0 Å². The molecule has 0 saturated heterocycles. The molecule has 34 heavy (non-hydrogen) atoms. The van der Waals surface area contributed by atoms with E-state index in [1.807, 2.05) is 48.5 Å². The Morgan fingerprint density at radius 1 is 1.03 bits per heavy atom. The molecule has 0 atom stereocenters. The zero-order chi connectivity index (χ0) is 24.1. The molecule has 0 saturated carbocycles. The molecule has 0 spiro atoms. The van der Waals surface area contributed by atoms with Crippen LogP contribution in [0.1, 0.15) is 42.5 Å². The highest BCUT2D eigenvalue weighted by molar-refractivity contribution is 9.10. The van der Waals surface area contributed by atoms with Gasteiger partial charge in [0.1, 0.15) is 18.2 Å². The van der Waals surface area contributed by atoms with E-state index in [-0.39, 0.29) is 11.3 Å². The predicted octanol–water partition coefficient (Wildman–Crippen LogP) is 6.15. The summed E-state index contributed by atoms with van der Waals surface area (Å²) in [6, 6.07) is 23.8. The largest absolute Gasteiger partial charge is 0.492 e. The number of carbonyl (C=O) groups excluding carboxylic acids is 1. The van der Waals surface area contributed by atoms with Crippen molar-refractivity contribution >= 4 is 32.9 Å². The van der Waals surface area contributed by atoms with Crippen LogP contribution in [-0.2, 0) is 18.4 Å². The first kappa shape index (κ1) is 24.0. The first-order valence-electron chi connectivity index (χ1n) is 11.5. The van der Waals surface area contributed by atoms with Crippen molar-refractivity contribution < 1.29 is 9.53 Å². The third kappa shape index (κ3) is 5.86. The van der Waals surface area contributed by atoms with E-state index in [4.69, 9.17) is 9.72 Å². The lowest BCUT2D eigenvalue weighted by Gasteiger charge is -2.19. The molecule has 5 nitrogen and oxygen atoms in total. The molecule has 1 N–H and O–H groups in total. The minimum Gasteiger partial charge on any atom is -0.492 e. The van der Waals surface area contributed by atoms with Gasteiger partial charge in [-0.15, -0.1) is 0 Å². The van der Waals surface area contributed by atoms with Crippen molar-refractivity contribution in [3.63, 3.8) is 0 Å². The van der Waals surface area contributed by atoms with Gasteiger partial charge in [0.05, 0.1) is 17.6 Å². The molecule has 4 rings (SSSR count). The number of carbonyl (C=O) groups is 1. The average molecular weight is 520 g/mol. The van der Waals surface area contributed by atoms with E-state index in [0.29, 0.717) is 31.7 Å². The minimum atomic E-state index is -0.0917. The maximum absolute atomic E-state index is 12.5. The van der Waals surface area contributed by atoms with E-state index in [1.54, 1.807) is 6.07 Å². The van der Waals surface area contributed by atoms with Gasteiger partial charge in [-0.1, -0.05) is 67.0 Å². The van der Waals surface area contributed by atoms with Crippen molar-refractivity contribution in [2.75, 3.05) is 13.2 Å². The van der Waals surface area contributed by atoms with Crippen LogP contribution < -0.4 is 10.1 Å². The Labute approximate surface area is 209 Å². The summed E-state index contributed by atoms with van der Waals surface area (Å²) in [4.78, 5) is 17.3. The number of halogens is 1. The topological polar surface area (TPSA) is 56.1 Å². The van der Waals surface area contributed by atoms with Gasteiger partial charge < -0.3 is 14.6 Å². The highest BCUT2D eigenvalue weighted by Gasteiger charge is 2.14. The van der Waals surface area contributed by atoms with E-state index in [0.717, 1.165) is 27.1 Å². The Morgan fingerprint density at radius 3 is 2.53 bits per heavy atom. The van der Waals surface area contributed by atoms with Crippen LogP contribution in [-0.4, -0.2) is 28.6 Å². The lowest BCUT2D eigenvalue weighted by molar-refractivity contribution is 0.0954. The summed E-state index contributed by atoms with van der Waals surface area (Å²) >= 11 is 3.41. The van der Waals surface area contributed by atoms with Gasteiger partial charge in [-0.3, -0.25) is 4.79 Å². The fourth-order valence-corrected chi connectivity index (χ4v) is 4.29. The number of amides is 1. The summed E-state index contributed by atoms with van der Waals surface area (Å²) in [6.45, 7) is 8.33. The van der Waals surface area contributed by atoms with Crippen molar-refractivity contribution in [2.45, 2.75) is 39.2 Å². The number of benzene rings is 3. The summed E-state index contributed by atoms with van der Waals surface area (Å²) in [5, 5.41) is 3.00. The Balaban J connectivity index is 1.40. The number of para-hydroxylation sites is 2. The highest BCUT2D eigenvalue weighted by atomic mass is 79.9. The number of fused-ring (bicyclic) bond motifs is 1. The van der Waals surface area contributed by atoms with Crippen molar-refractivity contribution in [1.29, 1.82) is 0 Å². The van der Waals surface area contributed by atoms with Gasteiger partial charge in [-0.2, -0.15) is 0 Å². The van der Waals surface area contributed by atoms with Crippen LogP contribution in [0.3, 0.4) is 0 Å². The number of hydrogen-bond donors (Lipinski definition) is 1. The summed E-state index contributed by atoms with van der Waals surface area (Å²) in [7, 11) is 0. The Hall–Kier alpha value is -3.12. The van der Waals surface area contributed by atoms with Crippen molar-refractivity contribution in [1.82, 2.24) is 14.9 Å². The van der Waals surface area contributed by atoms with Gasteiger partial charge >= 0.3 is 0 Å². The smallest absolute Gasteiger partial charge is 0.251 e. The zero-order valence-electron chi connectivity index (χ0n) is 19.8. The number of imidazole rings is 1. The molecule has 176 valence electrons. The minimum absolute atomic E-state index is 0.0917. The molecule has 1 heterocycles. The van der Waals surface area contributed by atoms with E-state index in [1.165, 1.54) is 5.56 Å². The molecule has 1 aromatic heterocycles. The van der Waals surface area contributed by atoms with Gasteiger partial charge in [-0.05, 0) is 53.4 Å². The summed E-state index contributed by atoms with van der Waals surface area (Å²) in [6.07, 6.45) is 0.634. The summed E-state index contributed by atoms with van der Waals surface area (Å²) in [5.41, 5.74) is 4.06. The van der Waals surface area contributed by atoms with Crippen LogP contribution in [0.25, 0.3) is 11.0 Å². The standard InChI is InChI=1S/C28H30BrN3O2/c1-28(2,3)21-11-13-23(14-12-21)34-18-17-32-25-10-5-4-9-24(25)31-26(32)15-16-30-27(33)20-7-6-8-22(29)19-20/h4-14,19H,15-18H2,1-3H3,(H,30,33). The van der Waals surface area contributed by atoms with Crippen molar-refractivity contribution in [2.24, 2.45) is 0 Å². The van der Waals surface area contributed by atoms with E-state index < -0.39 is 0 Å². The second kappa shape index (κ2) is 10.4. The lowest BCUT2D eigenvalue weighted by atomic mass is 9.87. The summed E-state index contributed by atoms with van der Waals surface area (Å²) < 4.78 is 9.11. The van der Waals surface area contributed by atoms with Gasteiger partial charge in [-0.25, -0.2) is 4.98 Å². The summed E-state index contributed by atoms with van der Waals surface area (Å²) in [5.74, 6) is 1.70. The molecule has 0 aliphatic heterocycles. The predicted molar refractivity (Wildman–Crippen MR) is 141 cm³/mol. The van der Waals surface area contributed by atoms with Crippen LogP contribution in [0.15, 0.2) is 77.3 Å². The second-order valence-electron chi connectivity index (χ2n) is 9.31. The monoisotopic (exact) mass is 519 g/mol. The van der Waals surface area contributed by atoms with E-state index in [9.17, 15) is 4.79 Å². The van der Waals surface area contributed by atoms with Gasteiger partial charge in [0.2, 0.25) is 0 Å². The molecular weight excluding hydrogens is 490 g/mol. The fourth-order valence-electron chi connectivity index (χ4n) is 3.89. The molecule has 0 fully saturated rings. The molecule has 4 aromatic rings. The maximum Gasteiger partial charge on any atom is 0.251 e. The Bertz CT molecular complexity index is 1270. The lowest BCUT2D eigenvalue weighted by Crippen LogP contribution is -2.26. The normalized spacial score (nSPS) is 11.5. The quantitative estimate of drug-likeness (QED) is 0.303. The first-order chi connectivity index (χ1) is 16.3. The molecule has 0 bridgehead atoms. The number of hydrogen-bond acceptors (Lipinski definition) is 3. The molecule has 0 aliphatic rings. The van der Waals surface area contributed by atoms with Crippen LogP contribution >= 0.6 is 15.9 Å². The van der Waals surface area contributed by atoms with Crippen LogP contribution in [0.2, 0.25) is 0 Å². The average Bonchev–Trinajstić information content (AvgIpc) is 3.16. The number of aromatic nitrogens is 2. The van der Waals surface area contributed by atoms with Crippen molar-refractivity contribution in [3.8, 4) is 5.75 Å². The SMILES string of the molecule is CC(C)(C)c1ccc(OCCn2c(CCNC(=O)c3cccc(Br)c3)nc3ccccc32)cc1. The number of nitrogens with one attached hydrogen (secondary N) is 1. The number of nitrogens with zero attached hydrogens (tertiary/aromatic N) is 2. The molecule has 0 unspecified atom stereocenters. The zero-order valence-corrected chi connectivity index (χ0v) is 21.4. The van der Waals surface area contributed by atoms with Crippen molar-refractivity contribution in [3.05, 3.63) is 94.2 Å². The van der Waals surface area contributed by atoms with Gasteiger partial charge in [0.15, 0.2) is 0 Å². The molecule has 0 aliphatic carbocycles. The molecule has 1 amide bonds. The van der Waals surface area contributed by atoms with Gasteiger partial charge in [0.25, 0.3) is 5.91 Å². The Morgan fingerprint density at radius 2 is 1.79 bits per heavy atom.